The van der Waals surface area contributed by atoms with Crippen molar-refractivity contribution in [1.29, 1.82) is 0 Å². The molecule has 0 aromatic carbocycles. The first-order chi connectivity index (χ1) is 17.1. The highest BCUT2D eigenvalue weighted by Gasteiger charge is 2.28. The number of hydrogen-bond acceptors (Lipinski definition) is 4. The molecule has 0 aromatic heterocycles. The fourth-order valence-corrected chi connectivity index (χ4v) is 4.76. The Hall–Kier alpha value is -1.06. The van der Waals surface area contributed by atoms with Gasteiger partial charge in [0.25, 0.3) is 0 Å². The van der Waals surface area contributed by atoms with Crippen LogP contribution in [0, 0.1) is 11.8 Å². The Morgan fingerprint density at radius 1 is 0.457 bits per heavy atom. The van der Waals surface area contributed by atoms with Crippen LogP contribution in [0.1, 0.15) is 163 Å². The van der Waals surface area contributed by atoms with Gasteiger partial charge in [0.2, 0.25) is 0 Å². The maximum atomic E-state index is 12.8. The summed E-state index contributed by atoms with van der Waals surface area (Å²) in [4.78, 5) is 25.5. The summed E-state index contributed by atoms with van der Waals surface area (Å²) >= 11 is 0. The van der Waals surface area contributed by atoms with Crippen LogP contribution >= 0.6 is 0 Å². The van der Waals surface area contributed by atoms with Gasteiger partial charge in [-0.2, -0.15) is 0 Å². The molecule has 0 rings (SSSR count). The molecule has 0 aliphatic rings. The van der Waals surface area contributed by atoms with E-state index in [9.17, 15) is 9.59 Å². The smallest absolute Gasteiger partial charge is 0.308 e. The molecule has 4 nitrogen and oxygen atoms in total. The average molecular weight is 497 g/mol. The molecular weight excluding hydrogens is 436 g/mol. The second-order valence-electron chi connectivity index (χ2n) is 10.5. The topological polar surface area (TPSA) is 52.6 Å². The zero-order chi connectivity index (χ0) is 26.0. The van der Waals surface area contributed by atoms with Crippen LogP contribution < -0.4 is 0 Å². The van der Waals surface area contributed by atoms with E-state index in [1.807, 2.05) is 0 Å². The van der Waals surface area contributed by atoms with Gasteiger partial charge in [-0.3, -0.25) is 9.59 Å². The van der Waals surface area contributed by atoms with Crippen LogP contribution in [0.5, 0.6) is 0 Å². The lowest BCUT2D eigenvalue weighted by Gasteiger charge is -2.21. The van der Waals surface area contributed by atoms with E-state index in [0.29, 0.717) is 19.6 Å². The monoisotopic (exact) mass is 496 g/mol. The highest BCUT2D eigenvalue weighted by atomic mass is 16.5. The lowest BCUT2D eigenvalue weighted by Crippen LogP contribution is -2.26. The van der Waals surface area contributed by atoms with Crippen molar-refractivity contribution in [2.24, 2.45) is 11.8 Å². The van der Waals surface area contributed by atoms with Gasteiger partial charge in [-0.25, -0.2) is 0 Å². The van der Waals surface area contributed by atoms with Crippen molar-refractivity contribution < 1.29 is 19.1 Å². The minimum atomic E-state index is -0.193. The van der Waals surface area contributed by atoms with Crippen LogP contribution in [0.3, 0.4) is 0 Å². The van der Waals surface area contributed by atoms with Crippen LogP contribution in [0.2, 0.25) is 0 Å². The Kier molecular flexibility index (Phi) is 25.2. The lowest BCUT2D eigenvalue weighted by atomic mass is 9.88. The summed E-state index contributed by atoms with van der Waals surface area (Å²) in [5.41, 5.74) is 0. The molecule has 35 heavy (non-hydrogen) atoms. The second-order valence-corrected chi connectivity index (χ2v) is 10.5. The molecule has 208 valence electrons. The quantitative estimate of drug-likeness (QED) is 0.0883. The standard InChI is InChI=1S/C31H60O4/c1-5-9-11-13-15-17-19-21-25-34-30(32)28(23-7-3)27-29(24-8-4)31(33)35-26-22-20-18-16-14-12-10-6-2/h28-29H,5-27H2,1-4H3. The van der Waals surface area contributed by atoms with Crippen molar-refractivity contribution in [2.75, 3.05) is 13.2 Å². The molecule has 0 saturated carbocycles. The molecule has 0 radical (unpaired) electrons. The molecule has 0 bridgehead atoms. The zero-order valence-corrected chi connectivity index (χ0v) is 24.1. The molecule has 0 fully saturated rings. The molecule has 0 heterocycles. The highest BCUT2D eigenvalue weighted by molar-refractivity contribution is 5.76. The fraction of sp³-hybridized carbons (Fsp3) is 0.935. The van der Waals surface area contributed by atoms with Crippen molar-refractivity contribution >= 4 is 11.9 Å². The summed E-state index contributed by atoms with van der Waals surface area (Å²) in [6, 6.07) is 0. The molecule has 2 unspecified atom stereocenters. The molecule has 0 aromatic rings. The SMILES string of the molecule is CCCCCCCCCCOC(=O)C(CCC)CC(CCC)C(=O)OCCCCCCCCCC. The van der Waals surface area contributed by atoms with Gasteiger partial charge in [0.1, 0.15) is 0 Å². The van der Waals surface area contributed by atoms with Crippen molar-refractivity contribution in [3.8, 4) is 0 Å². The van der Waals surface area contributed by atoms with E-state index in [-0.39, 0.29) is 23.8 Å². The average Bonchev–Trinajstić information content (AvgIpc) is 2.85. The predicted molar refractivity (Wildman–Crippen MR) is 149 cm³/mol. The molecule has 0 aliphatic heterocycles. The lowest BCUT2D eigenvalue weighted by molar-refractivity contribution is -0.153. The first-order valence-electron chi connectivity index (χ1n) is 15.4. The van der Waals surface area contributed by atoms with Crippen molar-refractivity contribution in [3.63, 3.8) is 0 Å². The van der Waals surface area contributed by atoms with E-state index < -0.39 is 0 Å². The third-order valence-electron chi connectivity index (χ3n) is 6.99. The summed E-state index contributed by atoms with van der Waals surface area (Å²) in [6.07, 6.45) is 23.7. The van der Waals surface area contributed by atoms with E-state index >= 15 is 0 Å². The number of hydrogen-bond donors (Lipinski definition) is 0. The van der Waals surface area contributed by atoms with Crippen LogP contribution in [0.15, 0.2) is 0 Å². The number of carbonyl (C=O) groups excluding carboxylic acids is 2. The third kappa shape index (κ3) is 20.8. The third-order valence-corrected chi connectivity index (χ3v) is 6.99. The summed E-state index contributed by atoms with van der Waals surface area (Å²) in [5.74, 6) is -0.624. The Morgan fingerprint density at radius 2 is 0.771 bits per heavy atom. The number of esters is 2. The van der Waals surface area contributed by atoms with E-state index in [2.05, 4.69) is 27.7 Å². The molecule has 2 atom stereocenters. The van der Waals surface area contributed by atoms with E-state index in [0.717, 1.165) is 51.4 Å². The van der Waals surface area contributed by atoms with E-state index in [1.165, 1.54) is 77.0 Å². The molecular formula is C31H60O4. The summed E-state index contributed by atoms with van der Waals surface area (Å²) in [7, 11) is 0. The van der Waals surface area contributed by atoms with Gasteiger partial charge in [-0.15, -0.1) is 0 Å². The minimum Gasteiger partial charge on any atom is -0.465 e. The summed E-state index contributed by atoms with van der Waals surface area (Å²) in [5, 5.41) is 0. The Bertz CT molecular complexity index is 435. The first kappa shape index (κ1) is 33.9. The zero-order valence-electron chi connectivity index (χ0n) is 24.1. The number of carbonyl (C=O) groups is 2. The van der Waals surface area contributed by atoms with Crippen LogP contribution in [-0.2, 0) is 19.1 Å². The molecule has 0 amide bonds. The van der Waals surface area contributed by atoms with Crippen molar-refractivity contribution in [3.05, 3.63) is 0 Å². The van der Waals surface area contributed by atoms with Crippen LogP contribution in [-0.4, -0.2) is 25.2 Å². The maximum absolute atomic E-state index is 12.8. The second kappa shape index (κ2) is 26.0. The van der Waals surface area contributed by atoms with Gasteiger partial charge in [0, 0.05) is 0 Å². The van der Waals surface area contributed by atoms with Crippen molar-refractivity contribution in [2.45, 2.75) is 163 Å². The van der Waals surface area contributed by atoms with Crippen molar-refractivity contribution in [1.82, 2.24) is 0 Å². The molecule has 4 heteroatoms. The van der Waals surface area contributed by atoms with Crippen LogP contribution in [0.25, 0.3) is 0 Å². The van der Waals surface area contributed by atoms with E-state index in [4.69, 9.17) is 9.47 Å². The predicted octanol–water partition coefficient (Wildman–Crippen LogP) is 9.58. The summed E-state index contributed by atoms with van der Waals surface area (Å²) < 4.78 is 11.3. The Balaban J connectivity index is 4.23. The Labute approximate surface area is 218 Å². The number of unbranched alkanes of at least 4 members (excludes halogenated alkanes) is 14. The molecule has 0 spiro atoms. The largest absolute Gasteiger partial charge is 0.465 e. The molecule has 0 N–H and O–H groups in total. The van der Waals surface area contributed by atoms with Gasteiger partial charge in [0.05, 0.1) is 25.0 Å². The number of rotatable bonds is 26. The normalized spacial score (nSPS) is 12.9. The van der Waals surface area contributed by atoms with Gasteiger partial charge in [-0.05, 0) is 32.1 Å². The summed E-state index contributed by atoms with van der Waals surface area (Å²) in [6.45, 7) is 9.68. The van der Waals surface area contributed by atoms with Crippen LogP contribution in [0.4, 0.5) is 0 Å². The minimum absolute atomic E-state index is 0.119. The number of ether oxygens (including phenoxy) is 2. The van der Waals surface area contributed by atoms with Gasteiger partial charge in [0.15, 0.2) is 0 Å². The van der Waals surface area contributed by atoms with Gasteiger partial charge >= 0.3 is 11.9 Å². The molecule has 0 aliphatic carbocycles. The fourth-order valence-electron chi connectivity index (χ4n) is 4.76. The maximum Gasteiger partial charge on any atom is 0.308 e. The Morgan fingerprint density at radius 3 is 1.09 bits per heavy atom. The van der Waals surface area contributed by atoms with Gasteiger partial charge < -0.3 is 9.47 Å². The highest BCUT2D eigenvalue weighted by Crippen LogP contribution is 2.24. The van der Waals surface area contributed by atoms with E-state index in [1.54, 1.807) is 0 Å². The molecule has 0 saturated heterocycles. The first-order valence-corrected chi connectivity index (χ1v) is 15.4. The van der Waals surface area contributed by atoms with Gasteiger partial charge in [-0.1, -0.05) is 130 Å².